The monoisotopic (exact) mass is 126 g/mol. The Labute approximate surface area is 59.5 Å². The maximum absolute atomic E-state index is 7.91. The topological polar surface area (TPSA) is 20.2 Å². The van der Waals surface area contributed by atoms with Gasteiger partial charge in [-0.3, -0.25) is 0 Å². The fourth-order valence-electron chi connectivity index (χ4n) is 0. The number of aliphatic hydroxyl groups excluding tert-OH is 1. The van der Waals surface area contributed by atoms with Crippen LogP contribution in [0.25, 0.3) is 0 Å². The van der Waals surface area contributed by atoms with E-state index in [1.807, 2.05) is 0 Å². The zero-order valence-electron chi connectivity index (χ0n) is 3.18. The second-order valence-corrected chi connectivity index (χ2v) is 1.72. The summed E-state index contributed by atoms with van der Waals surface area (Å²) in [5.41, 5.74) is 0. The van der Waals surface area contributed by atoms with Crippen molar-refractivity contribution >= 4 is 27.9 Å². The van der Waals surface area contributed by atoms with Crippen molar-refractivity contribution in [1.82, 2.24) is 0 Å². The van der Waals surface area contributed by atoms with Crippen LogP contribution >= 0.6 is 0 Å². The molecule has 30 valence electrons. The Morgan fingerprint density at radius 3 is 1.80 bits per heavy atom. The van der Waals surface area contributed by atoms with Crippen molar-refractivity contribution in [2.75, 3.05) is 6.61 Å². The summed E-state index contributed by atoms with van der Waals surface area (Å²) in [6.07, 6.45) is 0. The summed E-state index contributed by atoms with van der Waals surface area (Å²) in [7, 11) is 0. The quantitative estimate of drug-likeness (QED) is 0.473. The van der Waals surface area contributed by atoms with Crippen LogP contribution in [0.15, 0.2) is 0 Å². The van der Waals surface area contributed by atoms with E-state index in [0.29, 0.717) is 6.61 Å². The van der Waals surface area contributed by atoms with Crippen molar-refractivity contribution < 1.29 is 21.6 Å². The summed E-state index contributed by atoms with van der Waals surface area (Å²) in [5, 5.41) is 7.91. The van der Waals surface area contributed by atoms with E-state index in [9.17, 15) is 0 Å². The van der Waals surface area contributed by atoms with E-state index in [-0.39, 0.29) is 16.5 Å². The average Bonchev–Trinajstić information content (AvgIpc) is 1.37. The van der Waals surface area contributed by atoms with Crippen LogP contribution in [0, 0.1) is 0 Å². The number of hydrogen-bond donors (Lipinski definition) is 1. The second-order valence-electron chi connectivity index (χ2n) is 0.724. The predicted octanol–water partition coefficient (Wildman–Crippen LogP) is -0.437. The molecule has 1 N–H and O–H groups in total. The minimum absolute atomic E-state index is 0. The molecule has 1 nitrogen and oxygen atoms in total. The Bertz CT molecular complexity index is 11.6. The molecule has 0 radical (unpaired) electrons. The van der Waals surface area contributed by atoms with Crippen molar-refractivity contribution in [3.8, 4) is 0 Å². The van der Waals surface area contributed by atoms with E-state index in [4.69, 9.17) is 5.11 Å². The van der Waals surface area contributed by atoms with Gasteiger partial charge in [0.1, 0.15) is 0 Å². The number of aliphatic hydroxyl groups is 1. The second kappa shape index (κ2) is 9.07. The maximum Gasteiger partial charge on any atom is 0 e. The van der Waals surface area contributed by atoms with Gasteiger partial charge in [-0.2, -0.15) is 0 Å². The molecule has 0 saturated carbocycles. The summed E-state index contributed by atoms with van der Waals surface area (Å²) in [6, 6.07) is 0. The van der Waals surface area contributed by atoms with Gasteiger partial charge in [-0.05, 0) is 0 Å². The summed E-state index contributed by atoms with van der Waals surface area (Å²) < 4.78 is 1.01. The molecule has 0 aromatic rings. The van der Waals surface area contributed by atoms with Gasteiger partial charge in [-0.1, -0.05) is 0 Å². The van der Waals surface area contributed by atoms with Gasteiger partial charge in [0.2, 0.25) is 0 Å². The summed E-state index contributed by atoms with van der Waals surface area (Å²) in [4.78, 5) is 0. The zero-order chi connectivity index (χ0) is 3.41. The van der Waals surface area contributed by atoms with E-state index in [2.05, 4.69) is 0 Å². The van der Waals surface area contributed by atoms with Crippen LogP contribution in [-0.4, -0.2) is 39.6 Å². The fourth-order valence-corrected chi connectivity index (χ4v) is 0. The average molecular weight is 127 g/mol. The van der Waals surface area contributed by atoms with E-state index < -0.39 is 0 Å². The number of rotatable bonds is 1. The minimum Gasteiger partial charge on any atom is 0 e. The van der Waals surface area contributed by atoms with E-state index in [1.54, 1.807) is 0 Å². The van der Waals surface area contributed by atoms with Gasteiger partial charge < -0.3 is 0 Å². The molecular weight excluding hydrogens is 122 g/mol. The minimum atomic E-state index is 0. The molecule has 0 unspecified atom stereocenters. The Morgan fingerprint density at radius 1 is 1.60 bits per heavy atom. The Morgan fingerprint density at radius 2 is 1.80 bits per heavy atom. The molecule has 0 aromatic heterocycles. The summed E-state index contributed by atoms with van der Waals surface area (Å²) >= 11 is 1.14. The zero-order valence-corrected chi connectivity index (χ0v) is 6.17. The standard InChI is InChI=1S/C2H5O.Na.Ni/c1-2-3;;/h3H,1-2H2;;. The van der Waals surface area contributed by atoms with Gasteiger partial charge in [0.25, 0.3) is 0 Å². The molecule has 0 saturated heterocycles. The normalized spacial score (nSPS) is 6.20. The molecule has 3 heteroatoms. The van der Waals surface area contributed by atoms with Crippen molar-refractivity contribution in [2.45, 2.75) is 3.67 Å². The molecule has 0 aliphatic rings. The van der Waals surface area contributed by atoms with E-state index in [1.165, 1.54) is 0 Å². The molecule has 5 heavy (non-hydrogen) atoms. The van der Waals surface area contributed by atoms with Gasteiger partial charge in [0, 0.05) is 16.5 Å². The first-order valence-corrected chi connectivity index (χ1v) is 2.94. The molecule has 0 bridgehead atoms. The third-order valence-electron chi connectivity index (χ3n) is 0.224. The first-order valence-electron chi connectivity index (χ1n) is 1.52. The molecule has 0 atom stereocenters. The molecule has 0 fully saturated rings. The molecule has 0 aliphatic heterocycles. The first-order chi connectivity index (χ1) is 1.91. The smallest absolute Gasteiger partial charge is 0 e. The largest absolute Gasteiger partial charge is 0 e. The maximum atomic E-state index is 7.91. The van der Waals surface area contributed by atoms with Gasteiger partial charge in [0.05, 0.1) is 0 Å². The van der Waals surface area contributed by atoms with Crippen LogP contribution in [0.3, 0.4) is 0 Å². The Kier molecular flexibility index (Phi) is 17.6. The van der Waals surface area contributed by atoms with Crippen LogP contribution < -0.4 is 0 Å². The molecule has 0 rings (SSSR count). The van der Waals surface area contributed by atoms with Crippen molar-refractivity contribution in [2.24, 2.45) is 0 Å². The SMILES string of the molecule is OC[CH2][Na].[Ni]. The van der Waals surface area contributed by atoms with E-state index >= 15 is 0 Å². The van der Waals surface area contributed by atoms with Crippen molar-refractivity contribution in [3.05, 3.63) is 0 Å². The van der Waals surface area contributed by atoms with Crippen molar-refractivity contribution in [1.29, 1.82) is 0 Å². The van der Waals surface area contributed by atoms with Crippen LogP contribution in [0.1, 0.15) is 0 Å². The third-order valence-corrected chi connectivity index (χ3v) is 0.671. The van der Waals surface area contributed by atoms with Gasteiger partial charge >= 0.3 is 43.3 Å². The van der Waals surface area contributed by atoms with Gasteiger partial charge in [-0.15, -0.1) is 0 Å². The molecule has 0 aliphatic carbocycles. The molecular formula is C2H5NaNiO. The fraction of sp³-hybridized carbons (Fsp3) is 1.00. The predicted molar refractivity (Wildman–Crippen MR) is 17.6 cm³/mol. The van der Waals surface area contributed by atoms with Crippen molar-refractivity contribution in [3.63, 3.8) is 0 Å². The van der Waals surface area contributed by atoms with E-state index in [0.717, 1.165) is 31.6 Å². The van der Waals surface area contributed by atoms with Gasteiger partial charge in [0.15, 0.2) is 0 Å². The Balaban J connectivity index is 0. The first kappa shape index (κ1) is 9.68. The number of hydrogen-bond acceptors (Lipinski definition) is 1. The van der Waals surface area contributed by atoms with Crippen LogP contribution in [0.5, 0.6) is 0 Å². The molecule has 0 spiro atoms. The third kappa shape index (κ3) is 10.8. The molecule has 0 amide bonds. The van der Waals surface area contributed by atoms with Gasteiger partial charge in [-0.25, -0.2) is 0 Å². The molecule has 0 aromatic carbocycles. The van der Waals surface area contributed by atoms with Crippen LogP contribution in [-0.2, 0) is 16.5 Å². The summed E-state index contributed by atoms with van der Waals surface area (Å²) in [5.74, 6) is 0. The van der Waals surface area contributed by atoms with Crippen LogP contribution in [0.2, 0.25) is 3.67 Å². The summed E-state index contributed by atoms with van der Waals surface area (Å²) in [6.45, 7) is 0.381. The Hall–Kier alpha value is 1.45. The van der Waals surface area contributed by atoms with Crippen LogP contribution in [0.4, 0.5) is 0 Å². The molecule has 0 heterocycles.